The summed E-state index contributed by atoms with van der Waals surface area (Å²) < 4.78 is 27.2. The highest BCUT2D eigenvalue weighted by Crippen LogP contribution is 2.17. The van der Waals surface area contributed by atoms with Gasteiger partial charge in [0, 0.05) is 11.6 Å². The topological polar surface area (TPSA) is 46.2 Å². The van der Waals surface area contributed by atoms with Crippen LogP contribution in [0, 0.1) is 0 Å². The first-order valence-corrected chi connectivity index (χ1v) is 8.83. The Hall–Kier alpha value is -1.52. The third-order valence-electron chi connectivity index (χ3n) is 3.23. The minimum Gasteiger partial charge on any atom is -0.280 e. The number of aryl methyl sites for hydroxylation is 2. The Kier molecular flexibility index (Phi) is 5.26. The van der Waals surface area contributed by atoms with Crippen molar-refractivity contribution in [3.05, 3.63) is 59.7 Å². The molecule has 0 saturated carbocycles. The highest BCUT2D eigenvalue weighted by Gasteiger charge is 2.13. The average Bonchev–Trinajstić information content (AvgIpc) is 2.48. The molecule has 5 heteroatoms. The summed E-state index contributed by atoms with van der Waals surface area (Å²) in [5, 5.41) is 0. The van der Waals surface area contributed by atoms with Crippen molar-refractivity contribution in [1.29, 1.82) is 0 Å². The van der Waals surface area contributed by atoms with E-state index in [-0.39, 0.29) is 4.90 Å². The molecular formula is C16H18ClNO2S. The standard InChI is InChI=1S/C16H18ClNO2S/c1-2-13-3-7-15(8-4-13)18-21(19,20)16-9-5-14(6-10-16)11-12-17/h3-10,18H,2,11-12H2,1H3. The first-order chi connectivity index (χ1) is 10.0. The van der Waals surface area contributed by atoms with E-state index in [9.17, 15) is 8.42 Å². The second-order valence-corrected chi connectivity index (χ2v) is 6.80. The molecule has 0 spiro atoms. The van der Waals surface area contributed by atoms with E-state index in [1.807, 2.05) is 12.1 Å². The van der Waals surface area contributed by atoms with Gasteiger partial charge >= 0.3 is 0 Å². The van der Waals surface area contributed by atoms with Crippen molar-refractivity contribution < 1.29 is 8.42 Å². The van der Waals surface area contributed by atoms with Crippen LogP contribution in [0.4, 0.5) is 5.69 Å². The fourth-order valence-electron chi connectivity index (χ4n) is 1.97. The Balaban J connectivity index is 2.16. The van der Waals surface area contributed by atoms with Crippen molar-refractivity contribution >= 4 is 27.3 Å². The van der Waals surface area contributed by atoms with Gasteiger partial charge in [-0.3, -0.25) is 4.72 Å². The molecule has 21 heavy (non-hydrogen) atoms. The van der Waals surface area contributed by atoms with Crippen LogP contribution in [0.2, 0.25) is 0 Å². The second-order valence-electron chi connectivity index (χ2n) is 4.74. The second kappa shape index (κ2) is 6.96. The summed E-state index contributed by atoms with van der Waals surface area (Å²) in [6, 6.07) is 14.2. The quantitative estimate of drug-likeness (QED) is 0.821. The first-order valence-electron chi connectivity index (χ1n) is 6.82. The summed E-state index contributed by atoms with van der Waals surface area (Å²) in [6.07, 6.45) is 1.66. The fraction of sp³-hybridized carbons (Fsp3) is 0.250. The molecular weight excluding hydrogens is 306 g/mol. The third-order valence-corrected chi connectivity index (χ3v) is 4.82. The van der Waals surface area contributed by atoms with Crippen molar-refractivity contribution in [2.45, 2.75) is 24.7 Å². The van der Waals surface area contributed by atoms with Crippen LogP contribution >= 0.6 is 11.6 Å². The minimum atomic E-state index is -3.55. The number of hydrogen-bond acceptors (Lipinski definition) is 2. The lowest BCUT2D eigenvalue weighted by atomic mass is 10.2. The lowest BCUT2D eigenvalue weighted by molar-refractivity contribution is 0.601. The maximum absolute atomic E-state index is 12.3. The van der Waals surface area contributed by atoms with Gasteiger partial charge in [-0.15, -0.1) is 11.6 Å². The molecule has 0 atom stereocenters. The molecule has 0 radical (unpaired) electrons. The van der Waals surface area contributed by atoms with Gasteiger partial charge in [-0.1, -0.05) is 31.2 Å². The molecule has 0 fully saturated rings. The zero-order valence-corrected chi connectivity index (χ0v) is 13.4. The lowest BCUT2D eigenvalue weighted by Gasteiger charge is -2.09. The molecule has 2 rings (SSSR count). The summed E-state index contributed by atoms with van der Waals surface area (Å²) in [6.45, 7) is 2.06. The Morgan fingerprint density at radius 3 is 2.05 bits per heavy atom. The Labute approximate surface area is 131 Å². The number of alkyl halides is 1. The van der Waals surface area contributed by atoms with Crippen molar-refractivity contribution in [3.8, 4) is 0 Å². The zero-order chi connectivity index (χ0) is 15.3. The van der Waals surface area contributed by atoms with E-state index in [4.69, 9.17) is 11.6 Å². The number of rotatable bonds is 6. The van der Waals surface area contributed by atoms with Gasteiger partial charge in [-0.2, -0.15) is 0 Å². The van der Waals surface area contributed by atoms with Crippen LogP contribution in [0.15, 0.2) is 53.4 Å². The van der Waals surface area contributed by atoms with Crippen molar-refractivity contribution in [2.24, 2.45) is 0 Å². The highest BCUT2D eigenvalue weighted by molar-refractivity contribution is 7.92. The largest absolute Gasteiger partial charge is 0.280 e. The first kappa shape index (κ1) is 15.9. The summed E-state index contributed by atoms with van der Waals surface area (Å²) >= 11 is 5.67. The van der Waals surface area contributed by atoms with Gasteiger partial charge in [-0.05, 0) is 48.2 Å². The molecule has 2 aromatic carbocycles. The Morgan fingerprint density at radius 2 is 1.52 bits per heavy atom. The van der Waals surface area contributed by atoms with Gasteiger partial charge in [0.2, 0.25) is 0 Å². The average molecular weight is 324 g/mol. The van der Waals surface area contributed by atoms with Crippen LogP contribution in [0.3, 0.4) is 0 Å². The molecule has 0 amide bonds. The molecule has 2 aromatic rings. The molecule has 1 N–H and O–H groups in total. The third kappa shape index (κ3) is 4.22. The number of benzene rings is 2. The van der Waals surface area contributed by atoms with Gasteiger partial charge in [0.05, 0.1) is 4.90 Å². The van der Waals surface area contributed by atoms with Gasteiger partial charge in [0.1, 0.15) is 0 Å². The number of halogens is 1. The van der Waals surface area contributed by atoms with Gasteiger partial charge in [0.15, 0.2) is 0 Å². The smallest absolute Gasteiger partial charge is 0.261 e. The molecule has 0 aliphatic rings. The molecule has 0 aliphatic carbocycles. The van der Waals surface area contributed by atoms with Crippen molar-refractivity contribution in [2.75, 3.05) is 10.6 Å². The maximum atomic E-state index is 12.3. The normalized spacial score (nSPS) is 11.3. The molecule has 0 saturated heterocycles. The SMILES string of the molecule is CCc1ccc(NS(=O)(=O)c2ccc(CCCl)cc2)cc1. The van der Waals surface area contributed by atoms with Crippen LogP contribution in [0.25, 0.3) is 0 Å². The molecule has 0 unspecified atom stereocenters. The van der Waals surface area contributed by atoms with E-state index in [2.05, 4.69) is 11.6 Å². The summed E-state index contributed by atoms with van der Waals surface area (Å²) in [5.41, 5.74) is 2.76. The molecule has 0 bridgehead atoms. The van der Waals surface area contributed by atoms with E-state index in [1.54, 1.807) is 36.4 Å². The van der Waals surface area contributed by atoms with E-state index >= 15 is 0 Å². The number of nitrogens with one attached hydrogen (secondary N) is 1. The Morgan fingerprint density at radius 1 is 0.952 bits per heavy atom. The summed E-state index contributed by atoms with van der Waals surface area (Å²) in [7, 11) is -3.55. The molecule has 0 heterocycles. The van der Waals surface area contributed by atoms with Crippen LogP contribution in [0.1, 0.15) is 18.1 Å². The van der Waals surface area contributed by atoms with Crippen LogP contribution < -0.4 is 4.72 Å². The minimum absolute atomic E-state index is 0.250. The molecule has 0 aliphatic heterocycles. The van der Waals surface area contributed by atoms with Crippen LogP contribution in [0.5, 0.6) is 0 Å². The van der Waals surface area contributed by atoms with Crippen molar-refractivity contribution in [3.63, 3.8) is 0 Å². The Bertz CT molecular complexity index is 679. The van der Waals surface area contributed by atoms with E-state index in [1.165, 1.54) is 5.56 Å². The lowest BCUT2D eigenvalue weighted by Crippen LogP contribution is -2.12. The predicted molar refractivity (Wildman–Crippen MR) is 87.5 cm³/mol. The highest BCUT2D eigenvalue weighted by atomic mass is 35.5. The number of hydrogen-bond donors (Lipinski definition) is 1. The fourth-order valence-corrected chi connectivity index (χ4v) is 3.24. The monoisotopic (exact) mass is 323 g/mol. The molecule has 3 nitrogen and oxygen atoms in total. The summed E-state index contributed by atoms with van der Waals surface area (Å²) in [5.74, 6) is 0.522. The van der Waals surface area contributed by atoms with E-state index in [0.29, 0.717) is 11.6 Å². The zero-order valence-electron chi connectivity index (χ0n) is 11.8. The predicted octanol–water partition coefficient (Wildman–Crippen LogP) is 3.83. The number of sulfonamides is 1. The van der Waals surface area contributed by atoms with E-state index < -0.39 is 10.0 Å². The van der Waals surface area contributed by atoms with Gasteiger partial charge < -0.3 is 0 Å². The van der Waals surface area contributed by atoms with Gasteiger partial charge in [0.25, 0.3) is 10.0 Å². The molecule has 0 aromatic heterocycles. The van der Waals surface area contributed by atoms with E-state index in [0.717, 1.165) is 18.4 Å². The van der Waals surface area contributed by atoms with Gasteiger partial charge in [-0.25, -0.2) is 8.42 Å². The number of anilines is 1. The van der Waals surface area contributed by atoms with Crippen LogP contribution in [-0.2, 0) is 22.9 Å². The van der Waals surface area contributed by atoms with Crippen molar-refractivity contribution in [1.82, 2.24) is 0 Å². The maximum Gasteiger partial charge on any atom is 0.261 e. The van der Waals surface area contributed by atoms with Crippen LogP contribution in [-0.4, -0.2) is 14.3 Å². The molecule has 112 valence electrons. The summed E-state index contributed by atoms with van der Waals surface area (Å²) in [4.78, 5) is 0.250.